The monoisotopic (exact) mass is 368 g/mol. The van der Waals surface area contributed by atoms with Crippen LogP contribution in [-0.4, -0.2) is 37.0 Å². The summed E-state index contributed by atoms with van der Waals surface area (Å²) in [6.07, 6.45) is 1.16. The maximum absolute atomic E-state index is 10.3. The fraction of sp³-hybridized carbons (Fsp3) is 0.125. The van der Waals surface area contributed by atoms with Crippen molar-refractivity contribution in [3.8, 4) is 23.0 Å². The second kappa shape index (κ2) is 10.3. The fourth-order valence-electron chi connectivity index (χ4n) is 1.60. The molecule has 0 unspecified atom stereocenters. The van der Waals surface area contributed by atoms with Gasteiger partial charge in [-0.15, -0.1) is 0 Å². The molecule has 0 atom stereocenters. The molecule has 2 aromatic rings. The Balaban J connectivity index is 0.000000403. The molecule has 2 rings (SSSR count). The van der Waals surface area contributed by atoms with Crippen molar-refractivity contribution in [2.24, 2.45) is 0 Å². The molecule has 0 saturated heterocycles. The Morgan fingerprint density at radius 2 is 1.13 bits per heavy atom. The van der Waals surface area contributed by atoms with Crippen molar-refractivity contribution < 1.29 is 48.8 Å². The third-order valence-corrected chi connectivity index (χ3v) is 2.75. The number of phenolic OH excluding ortho intramolecular Hbond substituents is 2. The Morgan fingerprint density at radius 3 is 1.39 bits per heavy atom. The molecule has 0 bridgehead atoms. The van der Waals surface area contributed by atoms with Gasteiger partial charge >= 0.3 is 0 Å². The van der Waals surface area contributed by atoms with Crippen molar-refractivity contribution in [1.82, 2.24) is 0 Å². The molecule has 0 spiro atoms. The summed E-state index contributed by atoms with van der Waals surface area (Å²) in [5.41, 5.74) is 0.480. The molecule has 0 radical (unpaired) electrons. The molecule has 118 valence electrons. The maximum Gasteiger partial charge on any atom is 0.168 e. The van der Waals surface area contributed by atoms with Gasteiger partial charge in [-0.05, 0) is 24.3 Å². The summed E-state index contributed by atoms with van der Waals surface area (Å²) in [5, 5.41) is 18.5. The van der Waals surface area contributed by atoms with Gasteiger partial charge in [-0.2, -0.15) is 0 Å². The van der Waals surface area contributed by atoms with E-state index in [1.54, 1.807) is 24.3 Å². The molecule has 0 fully saturated rings. The van der Waals surface area contributed by atoms with Crippen LogP contribution >= 0.6 is 0 Å². The normalized spacial score (nSPS) is 8.78. The van der Waals surface area contributed by atoms with Crippen molar-refractivity contribution in [1.29, 1.82) is 0 Å². The number of hydrogen-bond donors (Lipinski definition) is 2. The van der Waals surface area contributed by atoms with Gasteiger partial charge in [-0.25, -0.2) is 0 Å². The van der Waals surface area contributed by atoms with Crippen LogP contribution in [0.2, 0.25) is 0 Å². The van der Waals surface area contributed by atoms with Crippen LogP contribution in [0.4, 0.5) is 0 Å². The van der Waals surface area contributed by atoms with Crippen molar-refractivity contribution in [2.75, 3.05) is 14.2 Å². The van der Waals surface area contributed by atoms with Gasteiger partial charge < -0.3 is 19.7 Å². The van der Waals surface area contributed by atoms with E-state index in [0.717, 1.165) is 0 Å². The number of methoxy groups -OCH3 is 2. The number of aldehydes is 2. The van der Waals surface area contributed by atoms with Crippen LogP contribution in [0.3, 0.4) is 0 Å². The van der Waals surface area contributed by atoms with Gasteiger partial charge in [0.05, 0.1) is 25.3 Å². The van der Waals surface area contributed by atoms with E-state index in [9.17, 15) is 19.8 Å². The molecule has 0 heterocycles. The van der Waals surface area contributed by atoms with Gasteiger partial charge in [0.25, 0.3) is 0 Å². The number of hydrogen-bond acceptors (Lipinski definition) is 6. The first kappa shape index (κ1) is 20.6. The van der Waals surface area contributed by atoms with Gasteiger partial charge in [0.15, 0.2) is 35.6 Å². The number of phenols is 2. The standard InChI is InChI=1S/2C8H8O3.Zn/c2*1-11-7-4-2-3-6(5-9)8(7)10;/h2*2-5,10H,1H3;. The first-order chi connectivity index (χ1) is 10.6. The SMILES string of the molecule is COc1cccc(C=O)c1O.COc1cccc(C=O)c1O.[Zn]. The van der Waals surface area contributed by atoms with Gasteiger partial charge in [-0.3, -0.25) is 9.59 Å². The Morgan fingerprint density at radius 1 is 0.783 bits per heavy atom. The van der Waals surface area contributed by atoms with E-state index in [1.165, 1.54) is 26.4 Å². The van der Waals surface area contributed by atoms with Crippen molar-refractivity contribution in [3.05, 3.63) is 47.5 Å². The third-order valence-electron chi connectivity index (χ3n) is 2.75. The van der Waals surface area contributed by atoms with Crippen LogP contribution < -0.4 is 9.47 Å². The van der Waals surface area contributed by atoms with E-state index in [2.05, 4.69) is 0 Å². The third kappa shape index (κ3) is 5.38. The Hall–Kier alpha value is -2.40. The van der Waals surface area contributed by atoms with Crippen LogP contribution in [0.1, 0.15) is 20.7 Å². The number of aromatic hydroxyl groups is 2. The van der Waals surface area contributed by atoms with E-state index in [0.29, 0.717) is 24.1 Å². The summed E-state index contributed by atoms with van der Waals surface area (Å²) in [4.78, 5) is 20.6. The molecule has 0 aliphatic rings. The number of rotatable bonds is 4. The van der Waals surface area contributed by atoms with Gasteiger partial charge in [-0.1, -0.05) is 12.1 Å². The van der Waals surface area contributed by atoms with Crippen LogP contribution in [0.15, 0.2) is 36.4 Å². The van der Waals surface area contributed by atoms with E-state index < -0.39 is 0 Å². The molecule has 0 aromatic heterocycles. The van der Waals surface area contributed by atoms with Gasteiger partial charge in [0.1, 0.15) is 0 Å². The topological polar surface area (TPSA) is 93.1 Å². The second-order valence-electron chi connectivity index (χ2n) is 4.03. The first-order valence-corrected chi connectivity index (χ1v) is 6.21. The molecule has 2 aromatic carbocycles. The Kier molecular flexibility index (Phi) is 9.27. The van der Waals surface area contributed by atoms with E-state index in [-0.39, 0.29) is 42.1 Å². The average molecular weight is 370 g/mol. The Bertz CT molecular complexity index is 600. The quantitative estimate of drug-likeness (QED) is 0.635. The van der Waals surface area contributed by atoms with Crippen LogP contribution in [-0.2, 0) is 19.5 Å². The first-order valence-electron chi connectivity index (χ1n) is 6.21. The summed E-state index contributed by atoms with van der Waals surface area (Å²) in [5.74, 6) is 0.416. The minimum Gasteiger partial charge on any atom is -0.504 e. The summed E-state index contributed by atoms with van der Waals surface area (Å²) >= 11 is 0. The summed E-state index contributed by atoms with van der Waals surface area (Å²) in [7, 11) is 2.87. The van der Waals surface area contributed by atoms with E-state index >= 15 is 0 Å². The second-order valence-corrected chi connectivity index (χ2v) is 4.03. The smallest absolute Gasteiger partial charge is 0.168 e. The average Bonchev–Trinajstić information content (AvgIpc) is 2.56. The van der Waals surface area contributed by atoms with Crippen LogP contribution in [0, 0.1) is 0 Å². The molecular formula is C16H16O6Zn. The minimum atomic E-state index is -0.106. The van der Waals surface area contributed by atoms with Crippen LogP contribution in [0.25, 0.3) is 0 Å². The molecule has 2 N–H and O–H groups in total. The van der Waals surface area contributed by atoms with Crippen molar-refractivity contribution in [3.63, 3.8) is 0 Å². The molecular weight excluding hydrogens is 354 g/mol. The molecule has 0 saturated carbocycles. The molecule has 6 nitrogen and oxygen atoms in total. The maximum atomic E-state index is 10.3. The zero-order chi connectivity index (χ0) is 16.5. The molecule has 0 amide bonds. The van der Waals surface area contributed by atoms with E-state index in [4.69, 9.17) is 9.47 Å². The summed E-state index contributed by atoms with van der Waals surface area (Å²) in [6, 6.07) is 9.49. The molecule has 0 aliphatic carbocycles. The van der Waals surface area contributed by atoms with Crippen LogP contribution in [0.5, 0.6) is 23.0 Å². The zero-order valence-corrected chi connectivity index (χ0v) is 15.8. The summed E-state index contributed by atoms with van der Waals surface area (Å²) < 4.78 is 9.56. The number of ether oxygens (including phenoxy) is 2. The number of para-hydroxylation sites is 2. The number of carbonyl (C=O) groups excluding carboxylic acids is 2. The Labute approximate surface area is 146 Å². The van der Waals surface area contributed by atoms with Crippen molar-refractivity contribution in [2.45, 2.75) is 0 Å². The van der Waals surface area contributed by atoms with Gasteiger partial charge in [0, 0.05) is 19.5 Å². The van der Waals surface area contributed by atoms with Crippen molar-refractivity contribution >= 4 is 12.6 Å². The zero-order valence-electron chi connectivity index (χ0n) is 12.9. The fourth-order valence-corrected chi connectivity index (χ4v) is 1.60. The number of benzene rings is 2. The minimum absolute atomic E-state index is 0. The number of carbonyl (C=O) groups is 2. The molecule has 0 aliphatic heterocycles. The van der Waals surface area contributed by atoms with Gasteiger partial charge in [0.2, 0.25) is 0 Å². The molecule has 23 heavy (non-hydrogen) atoms. The summed E-state index contributed by atoms with van der Waals surface area (Å²) in [6.45, 7) is 0. The largest absolute Gasteiger partial charge is 0.504 e. The predicted molar refractivity (Wildman–Crippen MR) is 80.1 cm³/mol. The van der Waals surface area contributed by atoms with E-state index in [1.807, 2.05) is 0 Å². The molecule has 7 heteroatoms. The predicted octanol–water partition coefficient (Wildman–Crippen LogP) is 2.42.